The lowest BCUT2D eigenvalue weighted by Crippen LogP contribution is -2.44. The minimum Gasteiger partial charge on any atom is -0.366 e. The summed E-state index contributed by atoms with van der Waals surface area (Å²) >= 11 is 0. The highest BCUT2D eigenvalue weighted by Crippen LogP contribution is 2.38. The summed E-state index contributed by atoms with van der Waals surface area (Å²) in [5.41, 5.74) is -0.125. The number of halogens is 3. The van der Waals surface area contributed by atoms with E-state index in [0.717, 1.165) is 51.4 Å². The molecule has 2 aromatic rings. The lowest BCUT2D eigenvalue weighted by atomic mass is 10.0. The fraction of sp³-hybridized carbons (Fsp3) is 0.586. The summed E-state index contributed by atoms with van der Waals surface area (Å²) in [4.78, 5) is 38.0. The van der Waals surface area contributed by atoms with E-state index < -0.39 is 23.7 Å². The maximum atomic E-state index is 13.8. The molecular formula is C29H38F3N7O2. The van der Waals surface area contributed by atoms with Crippen LogP contribution in [0.15, 0.2) is 30.5 Å². The van der Waals surface area contributed by atoms with Gasteiger partial charge in [0.1, 0.15) is 11.4 Å². The van der Waals surface area contributed by atoms with Crippen LogP contribution in [0.3, 0.4) is 0 Å². The van der Waals surface area contributed by atoms with Gasteiger partial charge in [0.2, 0.25) is 11.9 Å². The zero-order valence-electron chi connectivity index (χ0n) is 23.7. The van der Waals surface area contributed by atoms with Crippen LogP contribution in [0, 0.1) is 5.92 Å². The summed E-state index contributed by atoms with van der Waals surface area (Å²) in [7, 11) is 3.89. The highest BCUT2D eigenvalue weighted by molar-refractivity contribution is 5.94. The van der Waals surface area contributed by atoms with Crippen LogP contribution in [0.2, 0.25) is 0 Å². The fourth-order valence-electron chi connectivity index (χ4n) is 5.66. The molecule has 0 radical (unpaired) electrons. The molecule has 3 aliphatic rings. The Morgan fingerprint density at radius 3 is 2.39 bits per heavy atom. The first kappa shape index (κ1) is 29.1. The molecule has 0 bridgehead atoms. The molecule has 0 spiro atoms. The van der Waals surface area contributed by atoms with Crippen molar-refractivity contribution in [2.24, 2.45) is 5.92 Å². The average molecular weight is 574 g/mol. The number of alkyl halides is 3. The Labute approximate surface area is 238 Å². The van der Waals surface area contributed by atoms with Gasteiger partial charge >= 0.3 is 6.18 Å². The van der Waals surface area contributed by atoms with E-state index in [9.17, 15) is 22.8 Å². The number of benzene rings is 1. The first-order valence-corrected chi connectivity index (χ1v) is 14.3. The molecule has 1 aliphatic heterocycles. The van der Waals surface area contributed by atoms with E-state index in [1.54, 1.807) is 29.2 Å². The molecule has 12 heteroatoms. The van der Waals surface area contributed by atoms with Gasteiger partial charge in [-0.3, -0.25) is 9.59 Å². The van der Waals surface area contributed by atoms with Crippen molar-refractivity contribution >= 4 is 29.3 Å². The summed E-state index contributed by atoms with van der Waals surface area (Å²) in [6, 6.07) is 6.45. The number of hydrogen-bond donors (Lipinski definition) is 3. The van der Waals surface area contributed by atoms with E-state index in [2.05, 4.69) is 37.9 Å². The van der Waals surface area contributed by atoms with Crippen LogP contribution in [0.25, 0.3) is 0 Å². The molecule has 1 aromatic carbocycles. The number of amides is 2. The number of nitrogens with zero attached hydrogens (tertiary/aromatic N) is 4. The van der Waals surface area contributed by atoms with Gasteiger partial charge in [-0.25, -0.2) is 4.98 Å². The van der Waals surface area contributed by atoms with Crippen LogP contribution in [0.4, 0.5) is 30.6 Å². The molecule has 9 nitrogen and oxygen atoms in total. The predicted molar refractivity (Wildman–Crippen MR) is 150 cm³/mol. The molecule has 41 heavy (non-hydrogen) atoms. The Morgan fingerprint density at radius 2 is 1.76 bits per heavy atom. The fourth-order valence-corrected chi connectivity index (χ4v) is 5.66. The second kappa shape index (κ2) is 11.5. The molecule has 2 heterocycles. The molecule has 2 atom stereocenters. The van der Waals surface area contributed by atoms with Crippen LogP contribution in [0.5, 0.6) is 0 Å². The van der Waals surface area contributed by atoms with Crippen LogP contribution in [0.1, 0.15) is 67.8 Å². The van der Waals surface area contributed by atoms with Crippen LogP contribution in [-0.4, -0.2) is 76.4 Å². The van der Waals surface area contributed by atoms with Crippen LogP contribution in [-0.2, 0) is 11.0 Å². The number of carbonyl (C=O) groups excluding carboxylic acids is 2. The number of hydrogen-bond acceptors (Lipinski definition) is 7. The van der Waals surface area contributed by atoms with E-state index in [4.69, 9.17) is 0 Å². The highest BCUT2D eigenvalue weighted by atomic mass is 19.4. The first-order chi connectivity index (χ1) is 19.4. The van der Waals surface area contributed by atoms with Crippen molar-refractivity contribution in [1.29, 1.82) is 0 Å². The molecular weight excluding hydrogens is 535 g/mol. The Kier molecular flexibility index (Phi) is 8.13. The van der Waals surface area contributed by atoms with Gasteiger partial charge < -0.3 is 25.8 Å². The lowest BCUT2D eigenvalue weighted by molar-refractivity contribution is -0.137. The number of aromatic nitrogens is 2. The van der Waals surface area contributed by atoms with Crippen molar-refractivity contribution in [2.45, 2.75) is 75.7 Å². The Morgan fingerprint density at radius 1 is 1.07 bits per heavy atom. The van der Waals surface area contributed by atoms with E-state index in [0.29, 0.717) is 24.1 Å². The topological polar surface area (TPSA) is 102 Å². The maximum Gasteiger partial charge on any atom is 0.421 e. The number of anilines is 3. The van der Waals surface area contributed by atoms with Gasteiger partial charge in [-0.15, -0.1) is 0 Å². The van der Waals surface area contributed by atoms with Gasteiger partial charge in [-0.05, 0) is 89.9 Å². The van der Waals surface area contributed by atoms with Crippen molar-refractivity contribution in [2.75, 3.05) is 37.8 Å². The summed E-state index contributed by atoms with van der Waals surface area (Å²) in [6.45, 7) is 3.87. The Balaban J connectivity index is 1.28. The van der Waals surface area contributed by atoms with Gasteiger partial charge in [0.15, 0.2) is 0 Å². The molecule has 5 rings (SSSR count). The molecule has 1 saturated heterocycles. The standard InChI is InChI=1S/C29H38F3N7O2/c1-28(13-14-28)37-25(40)21-5-4-6-23(21)35-24-22(29(30,31)32)17-33-27(36-24)34-19-9-7-18(8-10-19)26(41)39(3)20-11-15-38(2)16-12-20/h7-10,17,20-21,23H,4-6,11-16H2,1-3H3,(H,37,40)(H2,33,34,35,36)/t21-,23+/m0/s1. The molecule has 222 valence electrons. The Bertz CT molecular complexity index is 1260. The third-order valence-corrected chi connectivity index (χ3v) is 8.64. The van der Waals surface area contributed by atoms with Crippen LogP contribution < -0.4 is 16.0 Å². The van der Waals surface area contributed by atoms with E-state index >= 15 is 0 Å². The second-order valence-electron chi connectivity index (χ2n) is 11.9. The van der Waals surface area contributed by atoms with Gasteiger partial charge in [0, 0.05) is 42.1 Å². The molecule has 2 amide bonds. The van der Waals surface area contributed by atoms with Gasteiger partial charge in [0.25, 0.3) is 5.91 Å². The second-order valence-corrected chi connectivity index (χ2v) is 11.9. The molecule has 0 unspecified atom stereocenters. The van der Waals surface area contributed by atoms with Crippen LogP contribution >= 0.6 is 0 Å². The summed E-state index contributed by atoms with van der Waals surface area (Å²) in [5.74, 6) is -1.01. The smallest absolute Gasteiger partial charge is 0.366 e. The highest BCUT2D eigenvalue weighted by Gasteiger charge is 2.43. The van der Waals surface area contributed by atoms with E-state index in [-0.39, 0.29) is 35.2 Å². The van der Waals surface area contributed by atoms with E-state index in [1.807, 2.05) is 14.0 Å². The molecule has 3 N–H and O–H groups in total. The molecule has 3 fully saturated rings. The van der Waals surface area contributed by atoms with Gasteiger partial charge in [-0.2, -0.15) is 18.2 Å². The number of nitrogens with one attached hydrogen (secondary N) is 3. The third kappa shape index (κ3) is 6.91. The normalized spacial score (nSPS) is 22.7. The van der Waals surface area contributed by atoms with Crippen molar-refractivity contribution in [1.82, 2.24) is 25.1 Å². The van der Waals surface area contributed by atoms with Gasteiger partial charge in [-0.1, -0.05) is 6.42 Å². The predicted octanol–water partition coefficient (Wildman–Crippen LogP) is 4.65. The zero-order valence-corrected chi connectivity index (χ0v) is 23.7. The lowest BCUT2D eigenvalue weighted by Gasteiger charge is -2.35. The SMILES string of the molecule is CN1CCC(N(C)C(=O)c2ccc(Nc3ncc(C(F)(F)F)c(N[C@@H]4CCC[C@@H]4C(=O)NC4(C)CC4)n3)cc2)CC1. The number of likely N-dealkylation sites (tertiary alicyclic amines) is 1. The maximum absolute atomic E-state index is 13.8. The summed E-state index contributed by atoms with van der Waals surface area (Å²) < 4.78 is 41.5. The molecule has 2 aliphatic carbocycles. The largest absolute Gasteiger partial charge is 0.421 e. The van der Waals surface area contributed by atoms with Crippen molar-refractivity contribution < 1.29 is 22.8 Å². The quantitative estimate of drug-likeness (QED) is 0.422. The zero-order chi connectivity index (χ0) is 29.4. The number of carbonyl (C=O) groups is 2. The number of rotatable bonds is 8. The minimum atomic E-state index is -4.67. The van der Waals surface area contributed by atoms with Crippen molar-refractivity contribution in [3.8, 4) is 0 Å². The van der Waals surface area contributed by atoms with E-state index in [1.165, 1.54) is 0 Å². The molecule has 1 aromatic heterocycles. The summed E-state index contributed by atoms with van der Waals surface area (Å²) in [6.07, 6.45) is 1.66. The third-order valence-electron chi connectivity index (χ3n) is 8.64. The average Bonchev–Trinajstić information content (AvgIpc) is 3.46. The number of piperidine rings is 1. The Hall–Kier alpha value is -3.41. The van der Waals surface area contributed by atoms with Gasteiger partial charge in [0.05, 0.1) is 5.92 Å². The first-order valence-electron chi connectivity index (χ1n) is 14.3. The minimum absolute atomic E-state index is 0.0208. The molecule has 2 saturated carbocycles. The summed E-state index contributed by atoms with van der Waals surface area (Å²) in [5, 5.41) is 8.91. The van der Waals surface area contributed by atoms with Crippen molar-refractivity contribution in [3.63, 3.8) is 0 Å². The monoisotopic (exact) mass is 573 g/mol. The van der Waals surface area contributed by atoms with Crippen molar-refractivity contribution in [3.05, 3.63) is 41.6 Å².